The van der Waals surface area contributed by atoms with Gasteiger partial charge < -0.3 is 19.8 Å². The number of aliphatic hydroxyl groups is 1. The quantitative estimate of drug-likeness (QED) is 0.0243. The van der Waals surface area contributed by atoms with Gasteiger partial charge in [0, 0.05) is 6.42 Å². The molecule has 0 aliphatic rings. The number of nitrogens with one attached hydrogen (secondary N) is 1. The first-order valence-corrected chi connectivity index (χ1v) is 32.3. The molecule has 3 atom stereocenters. The Kier molecular flexibility index (Phi) is 52.6. The number of hydrogen-bond acceptors (Lipinski definition) is 5. The first-order chi connectivity index (χ1) is 34.5. The molecule has 0 aromatic rings. The number of carbonyl (C=O) groups excluding carboxylic acids is 1. The summed E-state index contributed by atoms with van der Waals surface area (Å²) in [5.41, 5.74) is 0. The lowest BCUT2D eigenvalue weighted by Gasteiger charge is -2.26. The zero-order valence-electron chi connectivity index (χ0n) is 48.0. The van der Waals surface area contributed by atoms with Crippen LogP contribution in [-0.4, -0.2) is 73.4 Å². The largest absolute Gasteiger partial charge is 0.472 e. The van der Waals surface area contributed by atoms with Gasteiger partial charge in [-0.1, -0.05) is 281 Å². The number of likely N-dealkylation sites (N-methyl/N-ethyl adjacent to an activating group) is 1. The summed E-state index contributed by atoms with van der Waals surface area (Å²) in [7, 11) is 1.63. The van der Waals surface area contributed by atoms with E-state index in [0.29, 0.717) is 23.9 Å². The van der Waals surface area contributed by atoms with E-state index in [0.717, 1.165) is 51.4 Å². The van der Waals surface area contributed by atoms with Crippen LogP contribution in [0.5, 0.6) is 0 Å². The number of hydrogen-bond donors (Lipinski definition) is 3. The molecule has 0 aliphatic heterocycles. The van der Waals surface area contributed by atoms with Crippen LogP contribution in [0.15, 0.2) is 36.5 Å². The lowest BCUT2D eigenvalue weighted by atomic mass is 10.0. The highest BCUT2D eigenvalue weighted by atomic mass is 31.2. The molecule has 0 saturated heterocycles. The molecule has 0 spiro atoms. The Labute approximate surface area is 442 Å². The van der Waals surface area contributed by atoms with Crippen LogP contribution in [-0.2, 0) is 18.4 Å². The van der Waals surface area contributed by atoms with Gasteiger partial charge in [0.25, 0.3) is 0 Å². The average Bonchev–Trinajstić information content (AvgIpc) is 3.33. The van der Waals surface area contributed by atoms with Crippen molar-refractivity contribution in [2.45, 2.75) is 315 Å². The van der Waals surface area contributed by atoms with Gasteiger partial charge in [0.1, 0.15) is 13.2 Å². The van der Waals surface area contributed by atoms with Gasteiger partial charge in [0.05, 0.1) is 39.9 Å². The number of rotatable bonds is 57. The fourth-order valence-corrected chi connectivity index (χ4v) is 10.0. The number of nitrogens with zero attached hydrogens (tertiary/aromatic N) is 1. The lowest BCUT2D eigenvalue weighted by Crippen LogP contribution is -2.46. The molecule has 0 heterocycles. The Bertz CT molecular complexity index is 1250. The smallest absolute Gasteiger partial charge is 0.391 e. The van der Waals surface area contributed by atoms with E-state index >= 15 is 0 Å². The summed E-state index contributed by atoms with van der Waals surface area (Å²) < 4.78 is 23.8. The normalized spacial score (nSPS) is 14.1. The first-order valence-electron chi connectivity index (χ1n) is 30.9. The highest BCUT2D eigenvalue weighted by Gasteiger charge is 2.28. The molecule has 0 rings (SSSR count). The number of aliphatic hydroxyl groups excluding tert-OH is 1. The van der Waals surface area contributed by atoms with Gasteiger partial charge in [0.15, 0.2) is 0 Å². The van der Waals surface area contributed by atoms with Crippen molar-refractivity contribution in [1.82, 2.24) is 5.32 Å². The summed E-state index contributed by atoms with van der Waals surface area (Å²) in [4.78, 5) is 23.4. The van der Waals surface area contributed by atoms with Gasteiger partial charge in [-0.15, -0.1) is 0 Å². The third-order valence-corrected chi connectivity index (χ3v) is 15.1. The van der Waals surface area contributed by atoms with E-state index in [1.807, 2.05) is 21.1 Å². The lowest BCUT2D eigenvalue weighted by molar-refractivity contribution is -0.870. The van der Waals surface area contributed by atoms with Crippen LogP contribution in [0.25, 0.3) is 0 Å². The molecule has 1 amide bonds. The Morgan fingerprint density at radius 3 is 1.17 bits per heavy atom. The first kappa shape index (κ1) is 69.7. The number of quaternary nitrogens is 1. The number of amides is 1. The second kappa shape index (κ2) is 53.5. The van der Waals surface area contributed by atoms with E-state index in [1.165, 1.54) is 225 Å². The molecule has 0 radical (unpaired) electrons. The van der Waals surface area contributed by atoms with Crippen molar-refractivity contribution in [3.05, 3.63) is 36.5 Å². The van der Waals surface area contributed by atoms with Crippen molar-refractivity contribution in [3.63, 3.8) is 0 Å². The Morgan fingerprint density at radius 2 is 0.803 bits per heavy atom. The van der Waals surface area contributed by atoms with Crippen molar-refractivity contribution in [3.8, 4) is 0 Å². The molecule has 0 saturated carbocycles. The van der Waals surface area contributed by atoms with Crippen molar-refractivity contribution in [1.29, 1.82) is 0 Å². The van der Waals surface area contributed by atoms with Crippen LogP contribution in [0.1, 0.15) is 303 Å². The maximum atomic E-state index is 13.0. The van der Waals surface area contributed by atoms with Gasteiger partial charge in [-0.05, 0) is 51.4 Å². The minimum atomic E-state index is -4.32. The van der Waals surface area contributed by atoms with Crippen LogP contribution in [0.3, 0.4) is 0 Å². The molecule has 3 unspecified atom stereocenters. The number of allylic oxidation sites excluding steroid dienone is 6. The van der Waals surface area contributed by atoms with E-state index < -0.39 is 20.0 Å². The van der Waals surface area contributed by atoms with Crippen molar-refractivity contribution in [2.24, 2.45) is 0 Å². The molecule has 420 valence electrons. The molecule has 0 fully saturated rings. The van der Waals surface area contributed by atoms with E-state index in [9.17, 15) is 19.4 Å². The molecular weight excluding hydrogens is 900 g/mol. The molecule has 0 bridgehead atoms. The summed E-state index contributed by atoms with van der Waals surface area (Å²) in [6, 6.07) is -0.761. The minimum Gasteiger partial charge on any atom is -0.391 e. The molecule has 71 heavy (non-hydrogen) atoms. The molecule has 0 aromatic carbocycles. The molecule has 8 nitrogen and oxygen atoms in total. The van der Waals surface area contributed by atoms with Crippen molar-refractivity contribution in [2.75, 3.05) is 40.9 Å². The number of unbranched alkanes of at least 4 members (excludes halogenated alkanes) is 38. The topological polar surface area (TPSA) is 105 Å². The third kappa shape index (κ3) is 56.3. The minimum absolute atomic E-state index is 0.0755. The number of phosphoric ester groups is 1. The highest BCUT2D eigenvalue weighted by molar-refractivity contribution is 7.47. The van der Waals surface area contributed by atoms with Crippen molar-refractivity contribution < 1.29 is 32.9 Å². The van der Waals surface area contributed by atoms with E-state index in [-0.39, 0.29) is 19.1 Å². The van der Waals surface area contributed by atoms with Crippen LogP contribution in [0.2, 0.25) is 0 Å². The van der Waals surface area contributed by atoms with Gasteiger partial charge >= 0.3 is 7.82 Å². The molecule has 0 aliphatic carbocycles. The van der Waals surface area contributed by atoms with Crippen LogP contribution in [0, 0.1) is 0 Å². The molecule has 9 heteroatoms. The Morgan fingerprint density at radius 1 is 0.479 bits per heavy atom. The predicted molar refractivity (Wildman–Crippen MR) is 309 cm³/mol. The highest BCUT2D eigenvalue weighted by Crippen LogP contribution is 2.43. The average molecular weight is 1020 g/mol. The van der Waals surface area contributed by atoms with E-state index in [2.05, 4.69) is 55.6 Å². The van der Waals surface area contributed by atoms with Crippen molar-refractivity contribution >= 4 is 13.7 Å². The fourth-order valence-electron chi connectivity index (χ4n) is 9.29. The second-order valence-electron chi connectivity index (χ2n) is 22.4. The Hall–Kier alpha value is -1.28. The summed E-state index contributed by atoms with van der Waals surface area (Å²) >= 11 is 0. The molecular formula is C62H122N2O6P+. The van der Waals surface area contributed by atoms with Crippen LogP contribution < -0.4 is 5.32 Å². The SMILES string of the molecule is CCCCCCC/C=C\C/C=C\C/C=C\CCCCCCCCCCCCCCCCC(=O)NC(COP(=O)(O)OCC[N+](C)(C)C)C(O)CCCCCCCCCCCCCCCCCCCCCC. The van der Waals surface area contributed by atoms with Crippen LogP contribution in [0.4, 0.5) is 0 Å². The summed E-state index contributed by atoms with van der Waals surface area (Å²) in [5.74, 6) is -0.141. The second-order valence-corrected chi connectivity index (χ2v) is 23.9. The van der Waals surface area contributed by atoms with Gasteiger partial charge in [-0.2, -0.15) is 0 Å². The van der Waals surface area contributed by atoms with E-state index in [1.54, 1.807) is 0 Å². The molecule has 3 N–H and O–H groups in total. The summed E-state index contributed by atoms with van der Waals surface area (Å²) in [6.45, 7) is 4.92. The maximum Gasteiger partial charge on any atom is 0.472 e. The number of carbonyl (C=O) groups is 1. The summed E-state index contributed by atoms with van der Waals surface area (Å²) in [6.07, 6.45) is 69.2. The van der Waals surface area contributed by atoms with Gasteiger partial charge in [-0.25, -0.2) is 4.57 Å². The van der Waals surface area contributed by atoms with E-state index in [4.69, 9.17) is 9.05 Å². The predicted octanol–water partition coefficient (Wildman–Crippen LogP) is 18.9. The van der Waals surface area contributed by atoms with Gasteiger partial charge in [-0.3, -0.25) is 13.8 Å². The third-order valence-electron chi connectivity index (χ3n) is 14.1. The Balaban J connectivity index is 4.10. The zero-order valence-corrected chi connectivity index (χ0v) is 48.9. The maximum absolute atomic E-state index is 13.0. The van der Waals surface area contributed by atoms with Gasteiger partial charge in [0.2, 0.25) is 5.91 Å². The standard InChI is InChI=1S/C62H121N2O6P/c1-6-8-10-12-14-16-18-20-22-24-26-28-29-30-31-32-33-34-35-36-38-40-42-44-46-48-50-52-54-56-62(66)63-60(59-70-71(67,68)69-58-57-64(3,4)5)61(65)55-53-51-49-47-45-43-41-39-37-27-25-23-21-19-17-15-13-11-9-7-2/h18,20,24,26,29-30,60-61,65H,6-17,19,21-23,25,27-28,31-59H2,1-5H3,(H-,63,66,67,68)/p+1/b20-18-,26-24-,30-29-. The fraction of sp³-hybridized carbons (Fsp3) is 0.887. The monoisotopic (exact) mass is 1020 g/mol. The molecule has 0 aromatic heterocycles. The van der Waals surface area contributed by atoms with Crippen LogP contribution >= 0.6 is 7.82 Å². The number of phosphoric acid groups is 1. The zero-order chi connectivity index (χ0) is 52.0. The summed E-state index contributed by atoms with van der Waals surface area (Å²) in [5, 5.41) is 14.1.